The molecule has 1 saturated heterocycles. The first-order chi connectivity index (χ1) is 22.0. The van der Waals surface area contributed by atoms with E-state index in [0.717, 1.165) is 29.8 Å². The Hall–Kier alpha value is -3.36. The van der Waals surface area contributed by atoms with Gasteiger partial charge in [0.25, 0.3) is 29.5 Å². The lowest BCUT2D eigenvalue weighted by Crippen LogP contribution is -2.65. The monoisotopic (exact) mass is 879 g/mol. The highest BCUT2D eigenvalue weighted by atomic mass is 127. The van der Waals surface area contributed by atoms with Gasteiger partial charge in [0.15, 0.2) is 11.8 Å². The number of hydrogen-bond donors (Lipinski definition) is 4. The Kier molecular flexibility index (Phi) is 15.0. The highest BCUT2D eigenvalue weighted by Gasteiger charge is 2.48. The molecule has 14 nitrogen and oxygen atoms in total. The molecule has 0 spiro atoms. The molecule has 0 bridgehead atoms. The van der Waals surface area contributed by atoms with Crippen molar-refractivity contribution >= 4 is 80.7 Å². The number of ether oxygens (including phenoxy) is 1. The lowest BCUT2D eigenvalue weighted by atomic mass is 9.97. The minimum Gasteiger partial charge on any atom is -0.479 e. The van der Waals surface area contributed by atoms with Crippen molar-refractivity contribution in [2.75, 3.05) is 34.8 Å². The third-order valence-electron chi connectivity index (χ3n) is 7.75. The molecular weight excluding hydrogens is 840 g/mol. The van der Waals surface area contributed by atoms with Crippen LogP contribution in [0, 0.1) is 7.14 Å². The molecule has 1 aliphatic rings. The number of carbonyl (C=O) groups excluding carboxylic acids is 5. The molecule has 2 aromatic carbocycles. The van der Waals surface area contributed by atoms with E-state index < -0.39 is 52.9 Å². The van der Waals surface area contributed by atoms with Gasteiger partial charge in [0.1, 0.15) is 0 Å². The fraction of sp³-hybridized carbons (Fsp3) is 0.419. The molecule has 0 radical (unpaired) electrons. The van der Waals surface area contributed by atoms with Crippen LogP contribution in [0.25, 0.3) is 0 Å². The summed E-state index contributed by atoms with van der Waals surface area (Å²) in [6.45, 7) is 3.12. The molecule has 3 rings (SSSR count). The third-order valence-corrected chi connectivity index (χ3v) is 9.19. The van der Waals surface area contributed by atoms with Crippen molar-refractivity contribution in [3.05, 3.63) is 66.8 Å². The van der Waals surface area contributed by atoms with Crippen LogP contribution in [0.2, 0.25) is 0 Å². The number of carboxylic acids is 1. The van der Waals surface area contributed by atoms with Gasteiger partial charge in [0, 0.05) is 59.5 Å². The first-order valence-electron chi connectivity index (χ1n) is 14.4. The van der Waals surface area contributed by atoms with Gasteiger partial charge in [-0.05, 0) is 120 Å². The third kappa shape index (κ3) is 9.60. The van der Waals surface area contributed by atoms with Crippen LogP contribution in [-0.2, 0) is 28.8 Å². The summed E-state index contributed by atoms with van der Waals surface area (Å²) in [5, 5.41) is 14.0. The van der Waals surface area contributed by atoms with E-state index in [1.807, 2.05) is 0 Å². The van der Waals surface area contributed by atoms with Crippen molar-refractivity contribution in [3.63, 3.8) is 0 Å². The fourth-order valence-electron chi connectivity index (χ4n) is 4.29. The van der Waals surface area contributed by atoms with Gasteiger partial charge in [0.05, 0.1) is 0 Å². The summed E-state index contributed by atoms with van der Waals surface area (Å²) >= 11 is 4.23. The van der Waals surface area contributed by atoms with Crippen molar-refractivity contribution in [1.29, 1.82) is 0 Å². The van der Waals surface area contributed by atoms with E-state index in [9.17, 15) is 33.9 Å². The maximum absolute atomic E-state index is 12.8. The van der Waals surface area contributed by atoms with Crippen molar-refractivity contribution in [3.8, 4) is 0 Å². The Morgan fingerprint density at radius 3 is 1.57 bits per heavy atom. The molecule has 1 heterocycles. The Bertz CT molecular complexity index is 1450. The molecule has 0 saturated carbocycles. The van der Waals surface area contributed by atoms with Crippen LogP contribution in [0.1, 0.15) is 53.8 Å². The second-order valence-electron chi connectivity index (χ2n) is 10.7. The molecule has 3 unspecified atom stereocenters. The molecule has 0 aliphatic carbocycles. The van der Waals surface area contributed by atoms with E-state index in [0.29, 0.717) is 24.2 Å². The number of carbonyl (C=O) groups is 6. The molecule has 0 aromatic heterocycles. The second-order valence-corrected chi connectivity index (χ2v) is 13.2. The van der Waals surface area contributed by atoms with Crippen LogP contribution in [0.4, 0.5) is 0 Å². The van der Waals surface area contributed by atoms with E-state index in [1.54, 1.807) is 48.5 Å². The summed E-state index contributed by atoms with van der Waals surface area (Å²) in [4.78, 5) is 81.0. The Morgan fingerprint density at radius 1 is 0.766 bits per heavy atom. The standard InChI is InChI=1S/C18H24IN3O5.C13H15IN2O4/c1-18(16(24)20-2,17(25)21-27-14-6-4-5-11-26-14)22(3)15(23)12-7-9-13(19)10-8-12;1-13(12(19)20,11(18)15-2)16(3)10(17)8-4-6-9(14)7-5-8/h7-10,14H,4-6,11H2,1-3H3,(H,20,24)(H,21,25);4-7H,1-3H3,(H,15,18)(H,19,20). The number of nitrogens with zero attached hydrogens (tertiary/aromatic N) is 2. The van der Waals surface area contributed by atoms with Gasteiger partial charge in [-0.1, -0.05) is 0 Å². The Labute approximate surface area is 300 Å². The summed E-state index contributed by atoms with van der Waals surface area (Å²) < 4.78 is 7.32. The van der Waals surface area contributed by atoms with Crippen LogP contribution in [0.5, 0.6) is 0 Å². The van der Waals surface area contributed by atoms with E-state index in [2.05, 4.69) is 61.3 Å². The number of amides is 5. The zero-order valence-corrected chi connectivity index (χ0v) is 31.2. The highest BCUT2D eigenvalue weighted by molar-refractivity contribution is 14.1. The molecule has 4 N–H and O–H groups in total. The van der Waals surface area contributed by atoms with E-state index in [4.69, 9.17) is 9.57 Å². The molecule has 16 heteroatoms. The lowest BCUT2D eigenvalue weighted by Gasteiger charge is -2.36. The van der Waals surface area contributed by atoms with Gasteiger partial charge in [-0.2, -0.15) is 0 Å². The number of halogens is 2. The Balaban J connectivity index is 0.000000343. The zero-order valence-electron chi connectivity index (χ0n) is 26.9. The van der Waals surface area contributed by atoms with E-state index in [1.165, 1.54) is 42.0 Å². The van der Waals surface area contributed by atoms with Crippen LogP contribution < -0.4 is 16.1 Å². The van der Waals surface area contributed by atoms with Gasteiger partial charge in [-0.15, -0.1) is 0 Å². The average molecular weight is 879 g/mol. The van der Waals surface area contributed by atoms with Crippen molar-refractivity contribution in [2.24, 2.45) is 0 Å². The number of rotatable bonds is 10. The summed E-state index contributed by atoms with van der Waals surface area (Å²) in [5.74, 6) is -4.52. The van der Waals surface area contributed by atoms with Gasteiger partial charge in [0.2, 0.25) is 5.54 Å². The Morgan fingerprint density at radius 2 is 1.19 bits per heavy atom. The average Bonchev–Trinajstić information content (AvgIpc) is 3.08. The maximum atomic E-state index is 12.8. The molecular formula is C31H39I2N5O9. The number of aliphatic carboxylic acids is 1. The minimum atomic E-state index is -1.96. The van der Waals surface area contributed by atoms with Crippen LogP contribution in [-0.4, -0.2) is 103 Å². The van der Waals surface area contributed by atoms with Crippen molar-refractivity contribution in [2.45, 2.75) is 50.5 Å². The fourth-order valence-corrected chi connectivity index (χ4v) is 5.01. The maximum Gasteiger partial charge on any atom is 0.339 e. The van der Waals surface area contributed by atoms with Gasteiger partial charge in [-0.25, -0.2) is 15.1 Å². The molecule has 1 aliphatic heterocycles. The largest absolute Gasteiger partial charge is 0.479 e. The molecule has 5 amide bonds. The SMILES string of the molecule is CNC(=O)C(C)(C(=O)NOC1CCCCO1)N(C)C(=O)c1ccc(I)cc1.CNC(=O)C(C)(C(=O)O)N(C)C(=O)c1ccc(I)cc1. The molecule has 256 valence electrons. The second kappa shape index (κ2) is 17.7. The van der Waals surface area contributed by atoms with Gasteiger partial charge in [-0.3, -0.25) is 24.0 Å². The number of carboxylic acid groups (broad SMARTS) is 1. The molecule has 47 heavy (non-hydrogen) atoms. The van der Waals surface area contributed by atoms with E-state index >= 15 is 0 Å². The smallest absolute Gasteiger partial charge is 0.339 e. The highest BCUT2D eigenvalue weighted by Crippen LogP contribution is 2.21. The van der Waals surface area contributed by atoms with Crippen molar-refractivity contribution in [1.82, 2.24) is 25.9 Å². The first kappa shape index (κ1) is 39.8. The topological polar surface area (TPSA) is 184 Å². The predicted octanol–water partition coefficient (Wildman–Crippen LogP) is 2.39. The summed E-state index contributed by atoms with van der Waals surface area (Å²) in [7, 11) is 5.44. The van der Waals surface area contributed by atoms with Crippen LogP contribution in [0.15, 0.2) is 48.5 Å². The van der Waals surface area contributed by atoms with Crippen molar-refractivity contribution < 1.29 is 43.4 Å². The molecule has 3 atom stereocenters. The summed E-state index contributed by atoms with van der Waals surface area (Å²) in [5.41, 5.74) is -0.785. The normalized spacial score (nSPS) is 16.5. The number of hydroxylamine groups is 1. The molecule has 1 fully saturated rings. The number of benzene rings is 2. The summed E-state index contributed by atoms with van der Waals surface area (Å²) in [6, 6.07) is 13.5. The summed E-state index contributed by atoms with van der Waals surface area (Å²) in [6.07, 6.45) is 1.96. The van der Waals surface area contributed by atoms with E-state index in [-0.39, 0.29) is 0 Å². The van der Waals surface area contributed by atoms with Crippen LogP contribution >= 0.6 is 45.2 Å². The number of nitrogens with one attached hydrogen (secondary N) is 3. The zero-order chi connectivity index (χ0) is 35.5. The number of hydrogen-bond acceptors (Lipinski definition) is 8. The van der Waals surface area contributed by atoms with Gasteiger partial charge < -0.3 is 30.3 Å². The first-order valence-corrected chi connectivity index (χ1v) is 16.5. The molecule has 2 aromatic rings. The van der Waals surface area contributed by atoms with Crippen LogP contribution in [0.3, 0.4) is 0 Å². The quantitative estimate of drug-likeness (QED) is 0.158. The lowest BCUT2D eigenvalue weighted by molar-refractivity contribution is -0.204. The van der Waals surface area contributed by atoms with Gasteiger partial charge >= 0.3 is 5.97 Å². The number of likely N-dealkylation sites (N-methyl/N-ethyl adjacent to an activating group) is 4. The predicted molar refractivity (Wildman–Crippen MR) is 188 cm³/mol. The minimum absolute atomic E-state index is 0.323.